The van der Waals surface area contributed by atoms with Gasteiger partial charge in [0.1, 0.15) is 0 Å². The number of urea groups is 1. The molecular formula is C16H21N3O3. The van der Waals surface area contributed by atoms with Crippen molar-refractivity contribution in [1.82, 2.24) is 10.2 Å². The highest BCUT2D eigenvalue weighted by atomic mass is 16.5. The van der Waals surface area contributed by atoms with E-state index in [0.717, 1.165) is 5.56 Å². The number of nitrogens with one attached hydrogen (secondary N) is 1. The van der Waals surface area contributed by atoms with Gasteiger partial charge in [0.25, 0.3) is 0 Å². The third kappa shape index (κ3) is 3.05. The number of esters is 1. The Morgan fingerprint density at radius 1 is 1.41 bits per heavy atom. The van der Waals surface area contributed by atoms with Gasteiger partial charge in [-0.2, -0.15) is 0 Å². The topological polar surface area (TPSA) is 84.7 Å². The molecule has 2 rings (SSSR count). The fourth-order valence-electron chi connectivity index (χ4n) is 2.37. The van der Waals surface area contributed by atoms with Crippen molar-refractivity contribution in [1.29, 1.82) is 0 Å². The number of rotatable bonds is 3. The standard InChI is InChI=1S/C16H21N3O3/c1-9(2)22-15(20)13-10(3)19(4)16(21)18-14(13)11-6-5-7-12(17)8-11/h5-9,14H,17H2,1-4H3,(H,18,21)/t14-/m0/s1. The lowest BCUT2D eigenvalue weighted by Crippen LogP contribution is -2.46. The molecule has 2 amide bonds. The fraction of sp³-hybridized carbons (Fsp3) is 0.375. The van der Waals surface area contributed by atoms with Gasteiger partial charge in [0.2, 0.25) is 0 Å². The molecule has 0 aliphatic carbocycles. The smallest absolute Gasteiger partial charge is 0.338 e. The summed E-state index contributed by atoms with van der Waals surface area (Å²) in [7, 11) is 1.61. The summed E-state index contributed by atoms with van der Waals surface area (Å²) in [5.41, 5.74) is 8.11. The molecule has 1 aliphatic heterocycles. The van der Waals surface area contributed by atoms with Crippen LogP contribution < -0.4 is 11.1 Å². The molecule has 0 spiro atoms. The van der Waals surface area contributed by atoms with Crippen LogP contribution in [0.25, 0.3) is 0 Å². The molecular weight excluding hydrogens is 282 g/mol. The number of carbonyl (C=O) groups is 2. The lowest BCUT2D eigenvalue weighted by molar-refractivity contribution is -0.143. The molecule has 3 N–H and O–H groups in total. The van der Waals surface area contributed by atoms with Crippen molar-refractivity contribution >= 4 is 17.7 Å². The summed E-state index contributed by atoms with van der Waals surface area (Å²) in [5.74, 6) is -0.438. The number of anilines is 1. The molecule has 0 aromatic heterocycles. The molecule has 0 radical (unpaired) electrons. The summed E-state index contributed by atoms with van der Waals surface area (Å²) in [6.45, 7) is 5.30. The summed E-state index contributed by atoms with van der Waals surface area (Å²) in [6.07, 6.45) is -0.239. The van der Waals surface area contributed by atoms with Crippen LogP contribution in [-0.2, 0) is 9.53 Å². The molecule has 1 aromatic carbocycles. The van der Waals surface area contributed by atoms with Gasteiger partial charge in [-0.3, -0.25) is 0 Å². The van der Waals surface area contributed by atoms with Crippen LogP contribution in [0.5, 0.6) is 0 Å². The molecule has 118 valence electrons. The quantitative estimate of drug-likeness (QED) is 0.662. The van der Waals surface area contributed by atoms with E-state index in [0.29, 0.717) is 17.0 Å². The van der Waals surface area contributed by atoms with Crippen molar-refractivity contribution in [2.75, 3.05) is 12.8 Å². The maximum Gasteiger partial charge on any atom is 0.338 e. The van der Waals surface area contributed by atoms with Gasteiger partial charge in [-0.25, -0.2) is 9.59 Å². The number of hydrogen-bond acceptors (Lipinski definition) is 4. The van der Waals surface area contributed by atoms with E-state index in [9.17, 15) is 9.59 Å². The third-order valence-corrected chi connectivity index (χ3v) is 3.56. The summed E-state index contributed by atoms with van der Waals surface area (Å²) in [5, 5.41) is 2.82. The Bertz CT molecular complexity index is 637. The number of allylic oxidation sites excluding steroid dienone is 1. The van der Waals surface area contributed by atoms with E-state index in [-0.39, 0.29) is 12.1 Å². The van der Waals surface area contributed by atoms with Crippen molar-refractivity contribution in [3.63, 3.8) is 0 Å². The van der Waals surface area contributed by atoms with Crippen LogP contribution in [0.1, 0.15) is 32.4 Å². The Morgan fingerprint density at radius 2 is 2.09 bits per heavy atom. The number of carbonyl (C=O) groups excluding carboxylic acids is 2. The van der Waals surface area contributed by atoms with Crippen LogP contribution >= 0.6 is 0 Å². The maximum atomic E-state index is 12.5. The molecule has 22 heavy (non-hydrogen) atoms. The van der Waals surface area contributed by atoms with E-state index in [4.69, 9.17) is 10.5 Å². The highest BCUT2D eigenvalue weighted by Gasteiger charge is 2.35. The average molecular weight is 303 g/mol. The first-order chi connectivity index (χ1) is 10.3. The minimum absolute atomic E-state index is 0.239. The number of amides is 2. The van der Waals surface area contributed by atoms with Crippen molar-refractivity contribution in [3.05, 3.63) is 41.1 Å². The van der Waals surface area contributed by atoms with Gasteiger partial charge in [0.15, 0.2) is 0 Å². The molecule has 0 saturated carbocycles. The van der Waals surface area contributed by atoms with Crippen LogP contribution in [0.2, 0.25) is 0 Å². The number of ether oxygens (including phenoxy) is 1. The Labute approximate surface area is 129 Å². The van der Waals surface area contributed by atoms with Crippen molar-refractivity contribution < 1.29 is 14.3 Å². The number of nitrogen functional groups attached to an aromatic ring is 1. The average Bonchev–Trinajstić information content (AvgIpc) is 2.43. The molecule has 1 heterocycles. The highest BCUT2D eigenvalue weighted by molar-refractivity contribution is 5.95. The number of hydrogen-bond donors (Lipinski definition) is 2. The normalized spacial score (nSPS) is 18.5. The molecule has 1 aliphatic rings. The monoisotopic (exact) mass is 303 g/mol. The van der Waals surface area contributed by atoms with E-state index in [1.807, 2.05) is 6.07 Å². The summed E-state index contributed by atoms with van der Waals surface area (Å²) < 4.78 is 5.32. The highest BCUT2D eigenvalue weighted by Crippen LogP contribution is 2.31. The Morgan fingerprint density at radius 3 is 2.68 bits per heavy atom. The second-order valence-corrected chi connectivity index (χ2v) is 5.56. The van der Waals surface area contributed by atoms with Gasteiger partial charge in [-0.1, -0.05) is 12.1 Å². The minimum Gasteiger partial charge on any atom is -0.459 e. The van der Waals surface area contributed by atoms with Gasteiger partial charge < -0.3 is 20.7 Å². The number of nitrogens with zero attached hydrogens (tertiary/aromatic N) is 1. The molecule has 6 heteroatoms. The second-order valence-electron chi connectivity index (χ2n) is 5.56. The van der Waals surface area contributed by atoms with E-state index >= 15 is 0 Å². The lowest BCUT2D eigenvalue weighted by Gasteiger charge is -2.33. The predicted octanol–water partition coefficient (Wildman–Crippen LogP) is 2.19. The largest absolute Gasteiger partial charge is 0.459 e. The van der Waals surface area contributed by atoms with Crippen LogP contribution in [0.15, 0.2) is 35.5 Å². The third-order valence-electron chi connectivity index (χ3n) is 3.56. The van der Waals surface area contributed by atoms with Crippen LogP contribution in [0, 0.1) is 0 Å². The first-order valence-corrected chi connectivity index (χ1v) is 7.12. The fourth-order valence-corrected chi connectivity index (χ4v) is 2.37. The van der Waals surface area contributed by atoms with Crippen LogP contribution in [0.4, 0.5) is 10.5 Å². The second kappa shape index (κ2) is 6.09. The zero-order valence-electron chi connectivity index (χ0n) is 13.2. The van der Waals surface area contributed by atoms with E-state index in [1.54, 1.807) is 46.0 Å². The van der Waals surface area contributed by atoms with Crippen molar-refractivity contribution in [3.8, 4) is 0 Å². The zero-order chi connectivity index (χ0) is 16.4. The molecule has 1 aromatic rings. The molecule has 0 unspecified atom stereocenters. The van der Waals surface area contributed by atoms with Gasteiger partial charge >= 0.3 is 12.0 Å². The Kier molecular flexibility index (Phi) is 4.40. The van der Waals surface area contributed by atoms with Gasteiger partial charge in [-0.05, 0) is 38.5 Å². The summed E-state index contributed by atoms with van der Waals surface area (Å²) in [4.78, 5) is 25.9. The van der Waals surface area contributed by atoms with Gasteiger partial charge in [0.05, 0.1) is 17.7 Å². The number of nitrogens with two attached hydrogens (primary N) is 1. The summed E-state index contributed by atoms with van der Waals surface area (Å²) >= 11 is 0. The summed E-state index contributed by atoms with van der Waals surface area (Å²) in [6, 6.07) is 6.26. The Balaban J connectivity index is 2.50. The lowest BCUT2D eigenvalue weighted by atomic mass is 9.94. The SMILES string of the molecule is CC1=C(C(=O)OC(C)C)[C@H](c2cccc(N)c2)NC(=O)N1C. The first-order valence-electron chi connectivity index (χ1n) is 7.12. The molecule has 0 bridgehead atoms. The molecule has 1 atom stereocenters. The molecule has 0 saturated heterocycles. The first kappa shape index (κ1) is 15.9. The van der Waals surface area contributed by atoms with Crippen LogP contribution in [-0.4, -0.2) is 30.1 Å². The zero-order valence-corrected chi connectivity index (χ0v) is 13.2. The van der Waals surface area contributed by atoms with Gasteiger partial charge in [-0.15, -0.1) is 0 Å². The van der Waals surface area contributed by atoms with E-state index in [2.05, 4.69) is 5.32 Å². The van der Waals surface area contributed by atoms with Crippen molar-refractivity contribution in [2.24, 2.45) is 0 Å². The van der Waals surface area contributed by atoms with Crippen molar-refractivity contribution in [2.45, 2.75) is 32.9 Å². The van der Waals surface area contributed by atoms with E-state index in [1.165, 1.54) is 4.90 Å². The van der Waals surface area contributed by atoms with E-state index < -0.39 is 12.0 Å². The number of benzene rings is 1. The maximum absolute atomic E-state index is 12.5. The van der Waals surface area contributed by atoms with Gasteiger partial charge in [0, 0.05) is 18.4 Å². The Hall–Kier alpha value is -2.50. The molecule has 0 fully saturated rings. The van der Waals surface area contributed by atoms with Crippen LogP contribution in [0.3, 0.4) is 0 Å². The molecule has 6 nitrogen and oxygen atoms in total. The predicted molar refractivity (Wildman–Crippen MR) is 83.8 cm³/mol. The minimum atomic E-state index is -0.571.